The average Bonchev–Trinajstić information content (AvgIpc) is 2.64. The van der Waals surface area contributed by atoms with E-state index in [0.717, 1.165) is 0 Å². The molecule has 25 heavy (non-hydrogen) atoms. The van der Waals surface area contributed by atoms with Gasteiger partial charge in [0.2, 0.25) is 0 Å². The molecule has 128 valence electrons. The topological polar surface area (TPSA) is 0 Å². The van der Waals surface area contributed by atoms with Crippen molar-refractivity contribution in [3.63, 3.8) is 0 Å². The van der Waals surface area contributed by atoms with Crippen LogP contribution in [0.15, 0.2) is 91.0 Å². The molecule has 0 nitrogen and oxygen atoms in total. The first-order chi connectivity index (χ1) is 12.0. The van der Waals surface area contributed by atoms with Gasteiger partial charge in [0.1, 0.15) is 0 Å². The summed E-state index contributed by atoms with van der Waals surface area (Å²) in [6, 6.07) is 33.8. The second kappa shape index (κ2) is 8.06. The number of rotatable bonds is 6. The van der Waals surface area contributed by atoms with E-state index in [2.05, 4.69) is 106 Å². The molecule has 0 N–H and O–H groups in total. The van der Waals surface area contributed by atoms with E-state index in [-0.39, 0.29) is 0 Å². The van der Waals surface area contributed by atoms with Crippen LogP contribution in [0.1, 0.15) is 0 Å². The quantitative estimate of drug-likeness (QED) is 0.350. The van der Waals surface area contributed by atoms with Crippen LogP contribution in [0.2, 0.25) is 19.3 Å². The molecule has 3 aromatic rings. The first-order valence-electron chi connectivity index (χ1n) is 9.07. The van der Waals surface area contributed by atoms with Gasteiger partial charge in [-0.25, -0.2) is 0 Å². The molecule has 0 fully saturated rings. The predicted molar refractivity (Wildman–Crippen MR) is 118 cm³/mol. The van der Waals surface area contributed by atoms with Crippen LogP contribution in [0.5, 0.6) is 0 Å². The molecule has 0 saturated heterocycles. The van der Waals surface area contributed by atoms with Crippen molar-refractivity contribution in [3.05, 3.63) is 91.0 Å². The van der Waals surface area contributed by atoms with Gasteiger partial charge in [0.15, 0.2) is 0 Å². The molecular weight excluding hydrogens is 426 g/mol. The molecule has 0 unspecified atom stereocenters. The average molecular weight is 454 g/mol. The van der Waals surface area contributed by atoms with Crippen LogP contribution in [0.4, 0.5) is 0 Å². The van der Waals surface area contributed by atoms with Gasteiger partial charge in [-0.2, -0.15) is 0 Å². The van der Waals surface area contributed by atoms with E-state index >= 15 is 0 Å². The van der Waals surface area contributed by atoms with Gasteiger partial charge in [-0.3, -0.25) is 0 Å². The second-order valence-electron chi connectivity index (χ2n) is 7.85. The number of hydrogen-bond donors (Lipinski definition) is 0. The third kappa shape index (κ3) is 4.35. The van der Waals surface area contributed by atoms with E-state index in [4.69, 9.17) is 0 Å². The van der Waals surface area contributed by atoms with Crippen LogP contribution in [0.3, 0.4) is 0 Å². The van der Waals surface area contributed by atoms with Crippen molar-refractivity contribution in [1.29, 1.82) is 0 Å². The minimum atomic E-state index is -1.89. The van der Waals surface area contributed by atoms with E-state index in [9.17, 15) is 0 Å². The Labute approximate surface area is 157 Å². The Morgan fingerprint density at radius 3 is 1.16 bits per heavy atom. The summed E-state index contributed by atoms with van der Waals surface area (Å²) < 4.78 is 1.42. The van der Waals surface area contributed by atoms with Crippen molar-refractivity contribution in [1.82, 2.24) is 0 Å². The molecule has 0 spiro atoms. The minimum absolute atomic E-state index is 1.30. The Balaban J connectivity index is 2.24. The Kier molecular flexibility index (Phi) is 6.02. The molecule has 0 saturated carbocycles. The SMILES string of the molecule is [CH3][Sn]([CH3])([CH3])[CH2]C[P+](c1ccccc1)(c1ccccc1)c1ccccc1. The van der Waals surface area contributed by atoms with Gasteiger partial charge in [0.05, 0.1) is 0 Å². The monoisotopic (exact) mass is 455 g/mol. The maximum atomic E-state index is 2.56. The van der Waals surface area contributed by atoms with Crippen LogP contribution in [-0.2, 0) is 0 Å². The van der Waals surface area contributed by atoms with E-state index in [1.165, 1.54) is 26.5 Å². The first-order valence-corrected chi connectivity index (χ1v) is 21.6. The van der Waals surface area contributed by atoms with Gasteiger partial charge < -0.3 is 0 Å². The van der Waals surface area contributed by atoms with Crippen LogP contribution >= 0.6 is 7.26 Å². The molecule has 2 heteroatoms. The predicted octanol–water partition coefficient (Wildman–Crippen LogP) is 5.32. The van der Waals surface area contributed by atoms with Gasteiger partial charge in [-0.1, -0.05) is 0 Å². The van der Waals surface area contributed by atoms with Crippen LogP contribution in [0, 0.1) is 0 Å². The molecule has 0 heterocycles. The van der Waals surface area contributed by atoms with Crippen molar-refractivity contribution >= 4 is 41.6 Å². The number of hydrogen-bond acceptors (Lipinski definition) is 0. The molecule has 0 aliphatic carbocycles. The Bertz CT molecular complexity index is 680. The van der Waals surface area contributed by atoms with E-state index in [1.54, 1.807) is 0 Å². The third-order valence-electron chi connectivity index (χ3n) is 4.79. The summed E-state index contributed by atoms with van der Waals surface area (Å²) in [4.78, 5) is 7.68. The second-order valence-corrected chi connectivity index (χ2v) is 27.5. The summed E-state index contributed by atoms with van der Waals surface area (Å²) in [5.41, 5.74) is 0. The zero-order chi connectivity index (χ0) is 17.8. The third-order valence-corrected chi connectivity index (χ3v) is 15.4. The van der Waals surface area contributed by atoms with Crippen LogP contribution in [-0.4, -0.2) is 24.5 Å². The van der Waals surface area contributed by atoms with E-state index in [0.29, 0.717) is 0 Å². The van der Waals surface area contributed by atoms with Crippen molar-refractivity contribution in [3.8, 4) is 0 Å². The van der Waals surface area contributed by atoms with Crippen molar-refractivity contribution in [2.24, 2.45) is 0 Å². The first kappa shape index (κ1) is 18.7. The molecule has 3 aromatic carbocycles. The molecule has 0 radical (unpaired) electrons. The summed E-state index contributed by atoms with van der Waals surface area (Å²) in [6.45, 7) is 0. The summed E-state index contributed by atoms with van der Waals surface area (Å²) in [5, 5.41) is 4.55. The van der Waals surface area contributed by atoms with Crippen molar-refractivity contribution < 1.29 is 0 Å². The van der Waals surface area contributed by atoms with Crippen molar-refractivity contribution in [2.75, 3.05) is 6.16 Å². The summed E-state index contributed by atoms with van der Waals surface area (Å²) in [5.74, 6) is 0. The fourth-order valence-corrected chi connectivity index (χ4v) is 16.7. The van der Waals surface area contributed by atoms with Gasteiger partial charge in [-0.15, -0.1) is 0 Å². The fraction of sp³-hybridized carbons (Fsp3) is 0.217. The standard InChI is InChI=1S/C20H19P.3CH3.Sn/c1-2-21(18-12-6-3-7-13-18,19-14-8-4-9-15-19)20-16-10-5-11-17-20;;;;/h3-17H,1-2H2;3*1H3;/q+1;;;;. The number of benzene rings is 3. The molecule has 0 atom stereocenters. The zero-order valence-corrected chi connectivity index (χ0v) is 19.3. The van der Waals surface area contributed by atoms with Crippen LogP contribution < -0.4 is 15.9 Å². The van der Waals surface area contributed by atoms with Gasteiger partial charge in [-0.05, 0) is 0 Å². The molecule has 0 bridgehead atoms. The van der Waals surface area contributed by atoms with Crippen LogP contribution in [0.25, 0.3) is 0 Å². The van der Waals surface area contributed by atoms with E-state index < -0.39 is 25.6 Å². The Hall–Kier alpha value is -1.11. The molecular formula is C23H28PSn+. The fourth-order valence-electron chi connectivity index (χ4n) is 3.39. The molecule has 0 aliphatic heterocycles. The maximum absolute atomic E-state index is 2.56. The van der Waals surface area contributed by atoms with Crippen molar-refractivity contribution in [2.45, 2.75) is 19.3 Å². The van der Waals surface area contributed by atoms with Gasteiger partial charge in [0.25, 0.3) is 0 Å². The van der Waals surface area contributed by atoms with Gasteiger partial charge >= 0.3 is 158 Å². The van der Waals surface area contributed by atoms with Gasteiger partial charge in [0, 0.05) is 0 Å². The normalized spacial score (nSPS) is 12.1. The summed E-state index contributed by atoms with van der Waals surface area (Å²) in [6.07, 6.45) is 1.30. The Morgan fingerprint density at radius 2 is 0.880 bits per heavy atom. The molecule has 3 rings (SSSR count). The Morgan fingerprint density at radius 1 is 0.560 bits per heavy atom. The molecule has 0 aliphatic rings. The summed E-state index contributed by atoms with van der Waals surface area (Å²) in [7, 11) is -1.60. The molecule has 0 amide bonds. The van der Waals surface area contributed by atoms with E-state index in [1.807, 2.05) is 0 Å². The molecule has 0 aromatic heterocycles. The summed E-state index contributed by atoms with van der Waals surface area (Å²) >= 11 is -1.89. The zero-order valence-electron chi connectivity index (χ0n) is 15.5.